The summed E-state index contributed by atoms with van der Waals surface area (Å²) in [5.74, 6) is 1.95. The molecule has 1 radical (unpaired) electrons. The first-order valence-electron chi connectivity index (χ1n) is 7.61. The minimum absolute atomic E-state index is 0.811. The van der Waals surface area contributed by atoms with Crippen LogP contribution in [0.25, 0.3) is 0 Å². The van der Waals surface area contributed by atoms with Crippen molar-refractivity contribution in [2.45, 2.75) is 39.0 Å². The Balaban J connectivity index is 1.61. The summed E-state index contributed by atoms with van der Waals surface area (Å²) < 4.78 is 0. The highest BCUT2D eigenvalue weighted by Gasteiger charge is 2.19. The number of pyridine rings is 1. The van der Waals surface area contributed by atoms with E-state index in [0.717, 1.165) is 24.7 Å². The summed E-state index contributed by atoms with van der Waals surface area (Å²) in [5.41, 5.74) is 2.66. The summed E-state index contributed by atoms with van der Waals surface area (Å²) in [7, 11) is 0. The zero-order valence-electron chi connectivity index (χ0n) is 11.9. The van der Waals surface area contributed by atoms with E-state index in [2.05, 4.69) is 35.8 Å². The van der Waals surface area contributed by atoms with Crippen molar-refractivity contribution in [3.05, 3.63) is 29.9 Å². The molecule has 1 saturated heterocycles. The molecule has 3 heterocycles. The van der Waals surface area contributed by atoms with Crippen molar-refractivity contribution in [1.82, 2.24) is 9.88 Å². The SMILES string of the molecule is C[CH]N1CCC(Cc2ccc3c(n2)NCCC3)CC1. The van der Waals surface area contributed by atoms with Gasteiger partial charge in [-0.15, -0.1) is 0 Å². The molecule has 0 atom stereocenters. The standard InChI is InChI=1S/C16H24N3/c1-2-19-10-7-13(8-11-19)12-15-6-5-14-4-3-9-17-16(14)18-15/h2,5-6,13H,3-4,7-12H2,1H3,(H,17,18). The van der Waals surface area contributed by atoms with Crippen molar-refractivity contribution in [3.63, 3.8) is 0 Å². The molecule has 1 aromatic heterocycles. The van der Waals surface area contributed by atoms with Crippen LogP contribution in [0.4, 0.5) is 5.82 Å². The third-order valence-electron chi connectivity index (χ3n) is 4.46. The highest BCUT2D eigenvalue weighted by Crippen LogP contribution is 2.24. The molecule has 0 unspecified atom stereocenters. The van der Waals surface area contributed by atoms with E-state index in [-0.39, 0.29) is 0 Å². The summed E-state index contributed by atoms with van der Waals surface area (Å²) in [5, 5.41) is 3.43. The quantitative estimate of drug-likeness (QED) is 0.903. The fraction of sp³-hybridized carbons (Fsp3) is 0.625. The van der Waals surface area contributed by atoms with Crippen LogP contribution in [0.2, 0.25) is 0 Å². The summed E-state index contributed by atoms with van der Waals surface area (Å²) in [4.78, 5) is 7.24. The Hall–Kier alpha value is -1.09. The van der Waals surface area contributed by atoms with Gasteiger partial charge >= 0.3 is 0 Å². The number of fused-ring (bicyclic) bond motifs is 1. The zero-order chi connectivity index (χ0) is 13.1. The lowest BCUT2D eigenvalue weighted by atomic mass is 9.91. The fourth-order valence-corrected chi connectivity index (χ4v) is 3.19. The van der Waals surface area contributed by atoms with E-state index in [1.54, 1.807) is 0 Å². The Bertz CT molecular complexity index is 422. The number of hydrogen-bond donors (Lipinski definition) is 1. The van der Waals surface area contributed by atoms with Gasteiger partial charge in [0.15, 0.2) is 0 Å². The van der Waals surface area contributed by atoms with Crippen LogP contribution in [0, 0.1) is 12.5 Å². The van der Waals surface area contributed by atoms with Gasteiger partial charge < -0.3 is 5.32 Å². The molecule has 3 heteroatoms. The molecule has 0 amide bonds. The Labute approximate surface area is 116 Å². The third kappa shape index (κ3) is 3.08. The van der Waals surface area contributed by atoms with Crippen LogP contribution >= 0.6 is 0 Å². The van der Waals surface area contributed by atoms with Crippen LogP contribution in [-0.2, 0) is 12.8 Å². The summed E-state index contributed by atoms with van der Waals surface area (Å²) in [6.45, 7) is 7.86. The van der Waals surface area contributed by atoms with Gasteiger partial charge in [-0.25, -0.2) is 4.98 Å². The molecule has 0 spiro atoms. The summed E-state index contributed by atoms with van der Waals surface area (Å²) in [6.07, 6.45) is 6.17. The molecule has 1 aromatic rings. The number of nitrogens with zero attached hydrogens (tertiary/aromatic N) is 2. The number of rotatable bonds is 3. The van der Waals surface area contributed by atoms with Crippen LogP contribution in [0.3, 0.4) is 0 Å². The molecule has 2 aliphatic rings. The second-order valence-corrected chi connectivity index (χ2v) is 5.78. The third-order valence-corrected chi connectivity index (χ3v) is 4.46. The van der Waals surface area contributed by atoms with Gasteiger partial charge in [-0.1, -0.05) is 6.07 Å². The maximum atomic E-state index is 4.81. The molecular formula is C16H24N3. The van der Waals surface area contributed by atoms with Gasteiger partial charge in [0, 0.05) is 18.8 Å². The van der Waals surface area contributed by atoms with Gasteiger partial charge in [-0.3, -0.25) is 4.90 Å². The minimum Gasteiger partial charge on any atom is -0.370 e. The van der Waals surface area contributed by atoms with E-state index in [1.165, 1.54) is 50.0 Å². The average molecular weight is 258 g/mol. The molecule has 0 aliphatic carbocycles. The van der Waals surface area contributed by atoms with Crippen LogP contribution in [0.15, 0.2) is 12.1 Å². The molecule has 0 bridgehead atoms. The van der Waals surface area contributed by atoms with E-state index in [4.69, 9.17) is 4.98 Å². The fourth-order valence-electron chi connectivity index (χ4n) is 3.19. The Morgan fingerprint density at radius 2 is 2.21 bits per heavy atom. The maximum absolute atomic E-state index is 4.81. The number of nitrogens with one attached hydrogen (secondary N) is 1. The van der Waals surface area contributed by atoms with Gasteiger partial charge in [-0.2, -0.15) is 0 Å². The number of aromatic nitrogens is 1. The van der Waals surface area contributed by atoms with E-state index in [0.29, 0.717) is 0 Å². The van der Waals surface area contributed by atoms with E-state index in [1.807, 2.05) is 0 Å². The molecule has 19 heavy (non-hydrogen) atoms. The monoisotopic (exact) mass is 258 g/mol. The first-order valence-corrected chi connectivity index (χ1v) is 7.61. The van der Waals surface area contributed by atoms with Gasteiger partial charge in [-0.05, 0) is 69.7 Å². The lowest BCUT2D eigenvalue weighted by Gasteiger charge is -2.30. The van der Waals surface area contributed by atoms with Gasteiger partial charge in [0.05, 0.1) is 0 Å². The Morgan fingerprint density at radius 3 is 3.00 bits per heavy atom. The highest BCUT2D eigenvalue weighted by molar-refractivity contribution is 5.47. The lowest BCUT2D eigenvalue weighted by molar-refractivity contribution is 0.221. The van der Waals surface area contributed by atoms with E-state index < -0.39 is 0 Å². The van der Waals surface area contributed by atoms with Crippen LogP contribution < -0.4 is 5.32 Å². The lowest BCUT2D eigenvalue weighted by Crippen LogP contribution is -2.31. The van der Waals surface area contributed by atoms with Crippen LogP contribution in [0.1, 0.15) is 37.4 Å². The molecule has 103 valence electrons. The number of anilines is 1. The molecule has 0 saturated carbocycles. The Morgan fingerprint density at radius 1 is 1.37 bits per heavy atom. The highest BCUT2D eigenvalue weighted by atomic mass is 15.1. The van der Waals surface area contributed by atoms with Crippen molar-refractivity contribution in [2.75, 3.05) is 25.0 Å². The minimum atomic E-state index is 0.811. The van der Waals surface area contributed by atoms with Gasteiger partial charge in [0.2, 0.25) is 0 Å². The maximum Gasteiger partial charge on any atom is 0.129 e. The predicted octanol–water partition coefficient (Wildman–Crippen LogP) is 2.88. The van der Waals surface area contributed by atoms with Crippen molar-refractivity contribution in [2.24, 2.45) is 5.92 Å². The molecule has 3 nitrogen and oxygen atoms in total. The molecule has 1 fully saturated rings. The normalized spacial score (nSPS) is 20.9. The average Bonchev–Trinajstić information content (AvgIpc) is 2.48. The Kier molecular flexibility index (Phi) is 4.02. The van der Waals surface area contributed by atoms with Crippen molar-refractivity contribution in [1.29, 1.82) is 0 Å². The van der Waals surface area contributed by atoms with Crippen LogP contribution in [0.5, 0.6) is 0 Å². The van der Waals surface area contributed by atoms with Gasteiger partial charge in [0.1, 0.15) is 5.82 Å². The number of piperidine rings is 1. The number of likely N-dealkylation sites (tertiary alicyclic amines) is 1. The van der Waals surface area contributed by atoms with Crippen molar-refractivity contribution in [3.8, 4) is 0 Å². The molecular weight excluding hydrogens is 234 g/mol. The first kappa shape index (κ1) is 12.9. The first-order chi connectivity index (χ1) is 9.35. The van der Waals surface area contributed by atoms with Crippen molar-refractivity contribution < 1.29 is 0 Å². The number of aryl methyl sites for hydroxylation is 1. The summed E-state index contributed by atoms with van der Waals surface area (Å²) in [6, 6.07) is 4.52. The topological polar surface area (TPSA) is 28.2 Å². The largest absolute Gasteiger partial charge is 0.370 e. The smallest absolute Gasteiger partial charge is 0.129 e. The van der Waals surface area contributed by atoms with E-state index >= 15 is 0 Å². The zero-order valence-corrected chi connectivity index (χ0v) is 11.9. The molecule has 3 rings (SSSR count). The second kappa shape index (κ2) is 5.91. The van der Waals surface area contributed by atoms with Crippen LogP contribution in [-0.4, -0.2) is 29.5 Å². The predicted molar refractivity (Wildman–Crippen MR) is 79.0 cm³/mol. The molecule has 1 N–H and O–H groups in total. The molecule has 2 aliphatic heterocycles. The molecule has 0 aromatic carbocycles. The summed E-state index contributed by atoms with van der Waals surface area (Å²) >= 11 is 0. The number of hydrogen-bond acceptors (Lipinski definition) is 3. The van der Waals surface area contributed by atoms with E-state index in [9.17, 15) is 0 Å². The van der Waals surface area contributed by atoms with Gasteiger partial charge in [0.25, 0.3) is 0 Å². The van der Waals surface area contributed by atoms with Crippen molar-refractivity contribution >= 4 is 5.82 Å². The second-order valence-electron chi connectivity index (χ2n) is 5.78.